The molecular formula is C25H28N4O3. The molecule has 0 aliphatic carbocycles. The number of anilines is 2. The van der Waals surface area contributed by atoms with Gasteiger partial charge in [-0.05, 0) is 56.2 Å². The van der Waals surface area contributed by atoms with Gasteiger partial charge in [0.05, 0.1) is 25.1 Å². The van der Waals surface area contributed by atoms with Gasteiger partial charge in [-0.3, -0.25) is 4.79 Å². The van der Waals surface area contributed by atoms with Gasteiger partial charge in [0.25, 0.3) is 0 Å². The number of benzene rings is 2. The summed E-state index contributed by atoms with van der Waals surface area (Å²) in [6.07, 6.45) is 1.52. The fourth-order valence-electron chi connectivity index (χ4n) is 3.95. The van der Waals surface area contributed by atoms with Gasteiger partial charge in [0.1, 0.15) is 11.5 Å². The normalized spacial score (nSPS) is 14.1. The predicted molar refractivity (Wildman–Crippen MR) is 125 cm³/mol. The maximum atomic E-state index is 12.8. The fourth-order valence-corrected chi connectivity index (χ4v) is 3.95. The molecule has 1 saturated heterocycles. The Kier molecular flexibility index (Phi) is 6.84. The lowest BCUT2D eigenvalue weighted by Gasteiger charge is -2.32. The molecule has 7 nitrogen and oxygen atoms in total. The molecule has 166 valence electrons. The van der Waals surface area contributed by atoms with Crippen molar-refractivity contribution in [2.24, 2.45) is 5.92 Å². The molecule has 4 rings (SSSR count). The minimum absolute atomic E-state index is 0.0365. The number of carbonyl (C=O) groups is 1. The summed E-state index contributed by atoms with van der Waals surface area (Å²) in [6, 6.07) is 19.2. The highest BCUT2D eigenvalue weighted by molar-refractivity contribution is 5.94. The van der Waals surface area contributed by atoms with Gasteiger partial charge in [-0.25, -0.2) is 0 Å². The van der Waals surface area contributed by atoms with Crippen molar-refractivity contribution >= 4 is 17.4 Å². The Balaban J connectivity index is 1.36. The number of rotatable bonds is 7. The number of para-hydroxylation sites is 3. The molecule has 32 heavy (non-hydrogen) atoms. The van der Waals surface area contributed by atoms with E-state index in [1.54, 1.807) is 7.11 Å². The van der Waals surface area contributed by atoms with Crippen LogP contribution in [0.25, 0.3) is 11.3 Å². The third kappa shape index (κ3) is 4.82. The third-order valence-electron chi connectivity index (χ3n) is 5.67. The first-order chi connectivity index (χ1) is 15.7. The molecule has 3 aromatic rings. The molecule has 1 aliphatic heterocycles. The van der Waals surface area contributed by atoms with Crippen molar-refractivity contribution in [3.63, 3.8) is 0 Å². The van der Waals surface area contributed by atoms with Crippen LogP contribution < -0.4 is 19.7 Å². The van der Waals surface area contributed by atoms with Crippen LogP contribution in [-0.4, -0.2) is 42.9 Å². The molecule has 7 heteroatoms. The number of hydrogen-bond donors (Lipinski definition) is 1. The van der Waals surface area contributed by atoms with Crippen LogP contribution in [0.5, 0.6) is 11.5 Å². The summed E-state index contributed by atoms with van der Waals surface area (Å²) in [4.78, 5) is 15.0. The van der Waals surface area contributed by atoms with Gasteiger partial charge in [-0.1, -0.05) is 24.3 Å². The van der Waals surface area contributed by atoms with E-state index in [0.29, 0.717) is 12.4 Å². The zero-order valence-electron chi connectivity index (χ0n) is 18.5. The minimum atomic E-state index is -0.0401. The van der Waals surface area contributed by atoms with E-state index < -0.39 is 0 Å². The Bertz CT molecular complexity index is 1050. The topological polar surface area (TPSA) is 76.6 Å². The van der Waals surface area contributed by atoms with E-state index in [9.17, 15) is 4.79 Å². The summed E-state index contributed by atoms with van der Waals surface area (Å²) >= 11 is 0. The zero-order valence-corrected chi connectivity index (χ0v) is 18.5. The van der Waals surface area contributed by atoms with E-state index in [1.165, 1.54) is 0 Å². The summed E-state index contributed by atoms with van der Waals surface area (Å²) < 4.78 is 11.0. The van der Waals surface area contributed by atoms with Crippen LogP contribution in [0.2, 0.25) is 0 Å². The Morgan fingerprint density at radius 3 is 2.41 bits per heavy atom. The summed E-state index contributed by atoms with van der Waals surface area (Å²) in [5.74, 6) is 2.29. The van der Waals surface area contributed by atoms with Crippen LogP contribution in [-0.2, 0) is 4.79 Å². The second-order valence-electron chi connectivity index (χ2n) is 7.66. The van der Waals surface area contributed by atoms with Crippen molar-refractivity contribution in [3.05, 3.63) is 60.7 Å². The minimum Gasteiger partial charge on any atom is -0.496 e. The SMILES string of the molecule is CCOc1ccccc1NC(=O)C1CCN(c2ccc(-c3ccccc3OC)nn2)CC1. The summed E-state index contributed by atoms with van der Waals surface area (Å²) in [5.41, 5.74) is 2.41. The lowest BCUT2D eigenvalue weighted by atomic mass is 9.95. The number of aromatic nitrogens is 2. The molecule has 2 aromatic carbocycles. The standard InChI is InChI=1S/C25H28N4O3/c1-3-32-23-11-7-5-9-21(23)26-25(30)18-14-16-29(17-15-18)24-13-12-20(27-28-24)19-8-4-6-10-22(19)31-2/h4-13,18H,3,14-17H2,1-2H3,(H,26,30). The van der Waals surface area contributed by atoms with E-state index in [1.807, 2.05) is 67.6 Å². The van der Waals surface area contributed by atoms with Crippen LogP contribution in [0.4, 0.5) is 11.5 Å². The zero-order chi connectivity index (χ0) is 22.3. The lowest BCUT2D eigenvalue weighted by molar-refractivity contribution is -0.120. The Morgan fingerprint density at radius 2 is 1.72 bits per heavy atom. The first-order valence-corrected chi connectivity index (χ1v) is 10.9. The van der Waals surface area contributed by atoms with E-state index >= 15 is 0 Å². The Labute approximate surface area is 188 Å². The van der Waals surface area contributed by atoms with Gasteiger partial charge in [-0.15, -0.1) is 10.2 Å². The van der Waals surface area contributed by atoms with Crippen molar-refractivity contribution in [1.29, 1.82) is 0 Å². The number of nitrogens with one attached hydrogen (secondary N) is 1. The van der Waals surface area contributed by atoms with E-state index in [2.05, 4.69) is 20.4 Å². The molecule has 1 fully saturated rings. The van der Waals surface area contributed by atoms with Gasteiger partial charge < -0.3 is 19.7 Å². The monoisotopic (exact) mass is 432 g/mol. The predicted octanol–water partition coefficient (Wildman–Crippen LogP) is 4.41. The van der Waals surface area contributed by atoms with E-state index in [-0.39, 0.29) is 11.8 Å². The fraction of sp³-hybridized carbons (Fsp3) is 0.320. The highest BCUT2D eigenvalue weighted by Crippen LogP contribution is 2.30. The largest absolute Gasteiger partial charge is 0.496 e. The molecule has 1 amide bonds. The van der Waals surface area contributed by atoms with Crippen LogP contribution in [0.15, 0.2) is 60.7 Å². The van der Waals surface area contributed by atoms with Crippen molar-refractivity contribution < 1.29 is 14.3 Å². The molecule has 1 aliphatic rings. The smallest absolute Gasteiger partial charge is 0.227 e. The molecule has 0 spiro atoms. The molecule has 0 radical (unpaired) electrons. The molecule has 1 N–H and O–H groups in total. The number of carbonyl (C=O) groups excluding carboxylic acids is 1. The average Bonchev–Trinajstić information content (AvgIpc) is 2.85. The molecule has 1 aromatic heterocycles. The maximum absolute atomic E-state index is 12.8. The van der Waals surface area contributed by atoms with Crippen molar-refractivity contribution in [2.75, 3.05) is 37.0 Å². The molecule has 0 unspecified atom stereocenters. The summed E-state index contributed by atoms with van der Waals surface area (Å²) in [5, 5.41) is 11.9. The number of piperidine rings is 1. The number of amides is 1. The van der Waals surface area contributed by atoms with Crippen molar-refractivity contribution in [1.82, 2.24) is 10.2 Å². The van der Waals surface area contributed by atoms with Crippen molar-refractivity contribution in [3.8, 4) is 22.8 Å². The van der Waals surface area contributed by atoms with Gasteiger partial charge in [0.2, 0.25) is 5.91 Å². The first kappa shape index (κ1) is 21.6. The number of methoxy groups -OCH3 is 1. The van der Waals surface area contributed by atoms with Gasteiger partial charge in [0, 0.05) is 24.6 Å². The first-order valence-electron chi connectivity index (χ1n) is 10.9. The summed E-state index contributed by atoms with van der Waals surface area (Å²) in [6.45, 7) is 4.00. The van der Waals surface area contributed by atoms with Crippen molar-refractivity contribution in [2.45, 2.75) is 19.8 Å². The highest BCUT2D eigenvalue weighted by atomic mass is 16.5. The number of hydrogen-bond acceptors (Lipinski definition) is 6. The van der Waals surface area contributed by atoms with Gasteiger partial charge in [-0.2, -0.15) is 0 Å². The van der Waals surface area contributed by atoms with E-state index in [0.717, 1.165) is 54.4 Å². The van der Waals surface area contributed by atoms with Crippen LogP contribution in [0, 0.1) is 5.92 Å². The highest BCUT2D eigenvalue weighted by Gasteiger charge is 2.26. The van der Waals surface area contributed by atoms with Crippen LogP contribution in [0.3, 0.4) is 0 Å². The third-order valence-corrected chi connectivity index (χ3v) is 5.67. The second-order valence-corrected chi connectivity index (χ2v) is 7.66. The lowest BCUT2D eigenvalue weighted by Crippen LogP contribution is -2.38. The number of ether oxygens (including phenoxy) is 2. The molecule has 0 saturated carbocycles. The van der Waals surface area contributed by atoms with E-state index in [4.69, 9.17) is 9.47 Å². The molecule has 0 atom stereocenters. The number of nitrogens with zero attached hydrogens (tertiary/aromatic N) is 3. The second kappa shape index (κ2) is 10.1. The summed E-state index contributed by atoms with van der Waals surface area (Å²) in [7, 11) is 1.65. The van der Waals surface area contributed by atoms with Crippen LogP contribution >= 0.6 is 0 Å². The van der Waals surface area contributed by atoms with Gasteiger partial charge in [0.15, 0.2) is 5.82 Å². The molecule has 2 heterocycles. The molecule has 0 bridgehead atoms. The average molecular weight is 433 g/mol. The Morgan fingerprint density at radius 1 is 1.00 bits per heavy atom. The Hall–Kier alpha value is -3.61. The molecular weight excluding hydrogens is 404 g/mol. The van der Waals surface area contributed by atoms with Gasteiger partial charge >= 0.3 is 0 Å². The maximum Gasteiger partial charge on any atom is 0.227 e. The van der Waals surface area contributed by atoms with Crippen LogP contribution in [0.1, 0.15) is 19.8 Å². The quantitative estimate of drug-likeness (QED) is 0.596.